The molecule has 0 unspecified atom stereocenters. The highest BCUT2D eigenvalue weighted by Crippen LogP contribution is 2.15. The molecule has 0 aliphatic rings. The molecule has 1 aromatic carbocycles. The third-order valence-corrected chi connectivity index (χ3v) is 3.57. The molecule has 0 amide bonds. The Morgan fingerprint density at radius 3 is 2.28 bits per heavy atom. The predicted octanol–water partition coefficient (Wildman–Crippen LogP) is 2.88. The maximum atomic E-state index is 11.2. The highest BCUT2D eigenvalue weighted by atomic mass is 32.1. The molecule has 0 saturated heterocycles. The second-order valence-corrected chi connectivity index (χ2v) is 5.19. The van der Waals surface area contributed by atoms with Crippen LogP contribution in [0, 0.1) is 11.4 Å². The maximum absolute atomic E-state index is 11.2. The third-order valence-electron chi connectivity index (χ3n) is 3.18. The zero-order valence-electron chi connectivity index (χ0n) is 11.7. The van der Waals surface area contributed by atoms with Gasteiger partial charge in [-0.2, -0.15) is 0 Å². The minimum absolute atomic E-state index is 0.0334. The summed E-state index contributed by atoms with van der Waals surface area (Å²) in [6.07, 6.45) is 3.50. The standard InChI is InChI=1S/C14H24N2OS/c1-4-8-16(9-5-2)10-6-7-15-12-11(3)13(17)14(12)18/h15H,4-10H2,1-3H3. The monoisotopic (exact) mass is 268 g/mol. The number of hydrogen-bond acceptors (Lipinski definition) is 4. The third kappa shape index (κ3) is 3.89. The zero-order chi connectivity index (χ0) is 13.5. The van der Waals surface area contributed by atoms with Crippen LogP contribution in [-0.4, -0.2) is 31.1 Å². The summed E-state index contributed by atoms with van der Waals surface area (Å²) in [5.74, 6) is 0. The summed E-state index contributed by atoms with van der Waals surface area (Å²) in [5, 5.41) is 3.28. The molecule has 18 heavy (non-hydrogen) atoms. The van der Waals surface area contributed by atoms with Gasteiger partial charge in [-0.1, -0.05) is 26.1 Å². The van der Waals surface area contributed by atoms with Gasteiger partial charge in [0, 0.05) is 12.1 Å². The molecule has 1 N–H and O–H groups in total. The number of nitrogens with one attached hydrogen (secondary N) is 1. The van der Waals surface area contributed by atoms with Gasteiger partial charge in [-0.15, -0.1) is 0 Å². The van der Waals surface area contributed by atoms with Crippen molar-refractivity contribution in [1.29, 1.82) is 0 Å². The summed E-state index contributed by atoms with van der Waals surface area (Å²) in [6, 6.07) is 0. The van der Waals surface area contributed by atoms with E-state index in [4.69, 9.17) is 12.2 Å². The van der Waals surface area contributed by atoms with Crippen molar-refractivity contribution >= 4 is 17.9 Å². The Kier molecular flexibility index (Phi) is 6.50. The zero-order valence-corrected chi connectivity index (χ0v) is 12.5. The fourth-order valence-electron chi connectivity index (χ4n) is 2.20. The Morgan fingerprint density at radius 1 is 1.17 bits per heavy atom. The minimum atomic E-state index is 0.0334. The lowest BCUT2D eigenvalue weighted by molar-refractivity contribution is 0.274. The van der Waals surface area contributed by atoms with E-state index < -0.39 is 0 Å². The number of rotatable bonds is 9. The molecule has 0 spiro atoms. The number of hydrogen-bond donors (Lipinski definition) is 1. The van der Waals surface area contributed by atoms with E-state index >= 15 is 0 Å². The molecular formula is C14H24N2OS. The van der Waals surface area contributed by atoms with E-state index in [0.717, 1.165) is 30.8 Å². The molecule has 0 bridgehead atoms. The van der Waals surface area contributed by atoms with Gasteiger partial charge in [-0.05, 0) is 45.8 Å². The van der Waals surface area contributed by atoms with Crippen LogP contribution in [0.3, 0.4) is 0 Å². The van der Waals surface area contributed by atoms with E-state index in [-0.39, 0.29) is 5.43 Å². The van der Waals surface area contributed by atoms with Gasteiger partial charge >= 0.3 is 0 Å². The highest BCUT2D eigenvalue weighted by Gasteiger charge is 2.12. The van der Waals surface area contributed by atoms with Crippen molar-refractivity contribution in [3.63, 3.8) is 0 Å². The molecule has 102 valence electrons. The second-order valence-electron chi connectivity index (χ2n) is 4.78. The first-order valence-electron chi connectivity index (χ1n) is 6.87. The summed E-state index contributed by atoms with van der Waals surface area (Å²) in [5.41, 5.74) is 1.72. The van der Waals surface area contributed by atoms with E-state index in [2.05, 4.69) is 24.1 Å². The summed E-state index contributed by atoms with van der Waals surface area (Å²) in [7, 11) is 0. The summed E-state index contributed by atoms with van der Waals surface area (Å²) in [6.45, 7) is 10.6. The predicted molar refractivity (Wildman–Crippen MR) is 80.8 cm³/mol. The van der Waals surface area contributed by atoms with Gasteiger partial charge in [0.05, 0.1) is 5.69 Å². The van der Waals surface area contributed by atoms with Crippen molar-refractivity contribution in [3.8, 4) is 0 Å². The molecule has 1 aromatic rings. The molecule has 0 heterocycles. The van der Waals surface area contributed by atoms with E-state index in [9.17, 15) is 4.79 Å². The van der Waals surface area contributed by atoms with Crippen molar-refractivity contribution in [2.45, 2.75) is 40.0 Å². The summed E-state index contributed by atoms with van der Waals surface area (Å²) >= 11 is 5.01. The van der Waals surface area contributed by atoms with Gasteiger partial charge in [-0.3, -0.25) is 4.79 Å². The Hall–Kier alpha value is -0.740. The Balaban J connectivity index is 2.26. The molecule has 0 aliphatic carbocycles. The van der Waals surface area contributed by atoms with Gasteiger partial charge in [-0.25, -0.2) is 0 Å². The van der Waals surface area contributed by atoms with Crippen LogP contribution in [0.4, 0.5) is 5.69 Å². The molecule has 1 rings (SSSR count). The van der Waals surface area contributed by atoms with Crippen molar-refractivity contribution in [2.24, 2.45) is 0 Å². The quantitative estimate of drug-likeness (QED) is 0.551. The second kappa shape index (κ2) is 7.64. The SMILES string of the molecule is CCCN(CCC)CCCNc1c(C)c(=O)c1=S. The molecule has 0 radical (unpaired) electrons. The number of anilines is 1. The first-order chi connectivity index (χ1) is 8.61. The van der Waals surface area contributed by atoms with Crippen LogP contribution in [0.5, 0.6) is 0 Å². The van der Waals surface area contributed by atoms with Gasteiger partial charge in [0.2, 0.25) is 5.43 Å². The van der Waals surface area contributed by atoms with Crippen LogP contribution in [0.1, 0.15) is 38.7 Å². The Labute approximate surface area is 115 Å². The lowest BCUT2D eigenvalue weighted by Gasteiger charge is -2.21. The fraction of sp³-hybridized carbons (Fsp3) is 0.714. The highest BCUT2D eigenvalue weighted by molar-refractivity contribution is 7.71. The first-order valence-corrected chi connectivity index (χ1v) is 7.28. The van der Waals surface area contributed by atoms with Gasteiger partial charge in [0.1, 0.15) is 4.51 Å². The average molecular weight is 268 g/mol. The largest absolute Gasteiger partial charge is 0.383 e. The molecule has 0 atom stereocenters. The topological polar surface area (TPSA) is 32.3 Å². The van der Waals surface area contributed by atoms with Crippen molar-refractivity contribution in [2.75, 3.05) is 31.5 Å². The lowest BCUT2D eigenvalue weighted by atomic mass is 10.1. The Morgan fingerprint density at radius 2 is 1.78 bits per heavy atom. The fourth-order valence-corrected chi connectivity index (χ4v) is 2.58. The first kappa shape index (κ1) is 15.3. The van der Waals surface area contributed by atoms with Gasteiger partial charge < -0.3 is 10.2 Å². The minimum Gasteiger partial charge on any atom is -0.383 e. The van der Waals surface area contributed by atoms with Crippen LogP contribution >= 0.6 is 12.2 Å². The van der Waals surface area contributed by atoms with Crippen LogP contribution in [-0.2, 0) is 0 Å². The summed E-state index contributed by atoms with van der Waals surface area (Å²) < 4.78 is 0.478. The van der Waals surface area contributed by atoms with Crippen molar-refractivity contribution < 1.29 is 0 Å². The normalized spacial score (nSPS) is 11.3. The smallest absolute Gasteiger partial charge is 0.203 e. The van der Waals surface area contributed by atoms with Crippen molar-refractivity contribution in [1.82, 2.24) is 4.90 Å². The van der Waals surface area contributed by atoms with Crippen molar-refractivity contribution in [3.05, 3.63) is 20.3 Å². The Bertz CT molecular complexity index is 429. The van der Waals surface area contributed by atoms with E-state index in [1.54, 1.807) is 0 Å². The number of nitrogens with zero attached hydrogens (tertiary/aromatic N) is 1. The van der Waals surface area contributed by atoms with E-state index in [0.29, 0.717) is 4.51 Å². The van der Waals surface area contributed by atoms with E-state index in [1.807, 2.05) is 6.92 Å². The van der Waals surface area contributed by atoms with Crippen LogP contribution in [0.15, 0.2) is 4.79 Å². The lowest BCUT2D eigenvalue weighted by Crippen LogP contribution is -2.28. The van der Waals surface area contributed by atoms with Gasteiger partial charge in [0.25, 0.3) is 0 Å². The van der Waals surface area contributed by atoms with E-state index in [1.165, 1.54) is 25.9 Å². The van der Waals surface area contributed by atoms with Crippen LogP contribution < -0.4 is 10.7 Å². The van der Waals surface area contributed by atoms with Crippen LogP contribution in [0.25, 0.3) is 0 Å². The van der Waals surface area contributed by atoms with Gasteiger partial charge in [0.15, 0.2) is 0 Å². The van der Waals surface area contributed by atoms with Crippen LogP contribution in [0.2, 0.25) is 0 Å². The molecular weight excluding hydrogens is 244 g/mol. The molecule has 4 heteroatoms. The molecule has 0 fully saturated rings. The molecule has 3 nitrogen and oxygen atoms in total. The maximum Gasteiger partial charge on any atom is 0.203 e. The average Bonchev–Trinajstić information content (AvgIpc) is 2.37. The molecule has 0 saturated carbocycles. The summed E-state index contributed by atoms with van der Waals surface area (Å²) in [4.78, 5) is 13.7. The molecule has 0 aliphatic heterocycles. The molecule has 0 aromatic heterocycles.